The zero-order chi connectivity index (χ0) is 25.1. The number of Topliss-reactive ketones (excluding diaryl/α,β-unsaturated/α-hetero) is 1. The van der Waals surface area contributed by atoms with E-state index in [2.05, 4.69) is 5.32 Å². The predicted octanol–water partition coefficient (Wildman–Crippen LogP) is 1.51. The van der Waals surface area contributed by atoms with Crippen molar-refractivity contribution in [3.05, 3.63) is 65.2 Å². The highest BCUT2D eigenvalue weighted by atomic mass is 16.7. The average Bonchev–Trinajstić information content (AvgIpc) is 2.85. The first-order valence-corrected chi connectivity index (χ1v) is 10.1. The van der Waals surface area contributed by atoms with Crippen LogP contribution >= 0.6 is 0 Å². The Hall–Kier alpha value is -4.09. The van der Waals surface area contributed by atoms with Gasteiger partial charge >= 0.3 is 5.97 Å². The van der Waals surface area contributed by atoms with E-state index in [4.69, 9.17) is 24.8 Å². The molecule has 2 amide bonds. The summed E-state index contributed by atoms with van der Waals surface area (Å²) in [5.41, 5.74) is 0.920. The van der Waals surface area contributed by atoms with Crippen molar-refractivity contribution in [2.45, 2.75) is 13.0 Å². The second-order valence-electron chi connectivity index (χ2n) is 6.95. The van der Waals surface area contributed by atoms with Gasteiger partial charge in [-0.3, -0.25) is 24.6 Å². The summed E-state index contributed by atoms with van der Waals surface area (Å²) in [7, 11) is 1.48. The monoisotopic (exact) mass is 471 g/mol. The van der Waals surface area contributed by atoms with Gasteiger partial charge in [0.2, 0.25) is 6.41 Å². The van der Waals surface area contributed by atoms with Gasteiger partial charge in [-0.1, -0.05) is 12.1 Å². The minimum absolute atomic E-state index is 0.0854. The molecule has 0 bridgehead atoms. The van der Waals surface area contributed by atoms with E-state index >= 15 is 0 Å². The summed E-state index contributed by atoms with van der Waals surface area (Å²) in [5, 5.41) is 20.1. The van der Waals surface area contributed by atoms with E-state index in [1.807, 2.05) is 0 Å². The van der Waals surface area contributed by atoms with E-state index in [0.29, 0.717) is 23.3 Å². The quantitative estimate of drug-likeness (QED) is 0.0991. The van der Waals surface area contributed by atoms with Crippen molar-refractivity contribution in [1.82, 2.24) is 10.4 Å². The maximum Gasteiger partial charge on any atom is 0.341 e. The largest absolute Gasteiger partial charge is 0.482 e. The highest BCUT2D eigenvalue weighted by Gasteiger charge is 2.19. The summed E-state index contributed by atoms with van der Waals surface area (Å²) in [5.74, 6) is -1.86. The van der Waals surface area contributed by atoms with Crippen molar-refractivity contribution >= 4 is 29.9 Å². The smallest absolute Gasteiger partial charge is 0.341 e. The SMILES string of the molecule is COCCON(C=O)C(=N)c1ccc(C(=O)NC(C)C(=O)c2ccc(OCC(=O)O)cc2)cc1. The molecule has 0 radical (unpaired) electrons. The van der Waals surface area contributed by atoms with E-state index in [0.717, 1.165) is 5.06 Å². The minimum atomic E-state index is -1.11. The molecule has 2 rings (SSSR count). The van der Waals surface area contributed by atoms with E-state index in [9.17, 15) is 19.2 Å². The molecule has 0 heterocycles. The van der Waals surface area contributed by atoms with Gasteiger partial charge in [-0.15, -0.1) is 0 Å². The van der Waals surface area contributed by atoms with Gasteiger partial charge in [0.05, 0.1) is 19.3 Å². The molecule has 2 aromatic carbocycles. The first-order valence-electron chi connectivity index (χ1n) is 10.1. The van der Waals surface area contributed by atoms with Crippen LogP contribution < -0.4 is 10.1 Å². The lowest BCUT2D eigenvalue weighted by atomic mass is 10.0. The lowest BCUT2D eigenvalue weighted by Gasteiger charge is -2.17. The van der Waals surface area contributed by atoms with Gasteiger partial charge in [-0.05, 0) is 43.3 Å². The summed E-state index contributed by atoms with van der Waals surface area (Å²) < 4.78 is 9.86. The van der Waals surface area contributed by atoms with Crippen LogP contribution in [0.3, 0.4) is 0 Å². The minimum Gasteiger partial charge on any atom is -0.482 e. The number of aliphatic carboxylic acids is 1. The molecule has 3 N–H and O–H groups in total. The number of amidine groups is 1. The summed E-state index contributed by atoms with van der Waals surface area (Å²) in [4.78, 5) is 52.0. The number of carbonyl (C=O) groups is 4. The number of ketones is 1. The second-order valence-corrected chi connectivity index (χ2v) is 6.95. The molecule has 34 heavy (non-hydrogen) atoms. The van der Waals surface area contributed by atoms with E-state index in [1.165, 1.54) is 55.6 Å². The number of hydrogen-bond acceptors (Lipinski definition) is 8. The normalized spacial score (nSPS) is 11.2. The van der Waals surface area contributed by atoms with E-state index in [-0.39, 0.29) is 30.4 Å². The number of nitrogens with zero attached hydrogens (tertiary/aromatic N) is 1. The molecule has 0 spiro atoms. The highest BCUT2D eigenvalue weighted by molar-refractivity contribution is 6.05. The molecule has 11 nitrogen and oxygen atoms in total. The maximum atomic E-state index is 12.6. The van der Waals surface area contributed by atoms with Crippen molar-refractivity contribution in [3.63, 3.8) is 0 Å². The zero-order valence-electron chi connectivity index (χ0n) is 18.6. The molecule has 0 aromatic heterocycles. The van der Waals surface area contributed by atoms with Gasteiger partial charge in [-0.25, -0.2) is 4.79 Å². The first-order chi connectivity index (χ1) is 16.3. The molecule has 0 saturated carbocycles. The van der Waals surface area contributed by atoms with Crippen LogP contribution in [0.25, 0.3) is 0 Å². The van der Waals surface area contributed by atoms with Gasteiger partial charge < -0.3 is 19.9 Å². The van der Waals surface area contributed by atoms with Crippen LogP contribution in [0.5, 0.6) is 5.75 Å². The Balaban J connectivity index is 1.96. The van der Waals surface area contributed by atoms with Gasteiger partial charge in [0, 0.05) is 23.8 Å². The third-order valence-corrected chi connectivity index (χ3v) is 4.50. The Morgan fingerprint density at radius 2 is 1.62 bits per heavy atom. The number of hydrogen-bond donors (Lipinski definition) is 3. The first kappa shape index (κ1) is 26.2. The molecule has 1 unspecified atom stereocenters. The molecular weight excluding hydrogens is 446 g/mol. The van der Waals surface area contributed by atoms with Crippen LogP contribution in [0.4, 0.5) is 0 Å². The number of rotatable bonds is 13. The summed E-state index contributed by atoms with van der Waals surface area (Å²) in [6, 6.07) is 11.0. The van der Waals surface area contributed by atoms with Crippen LogP contribution in [0.2, 0.25) is 0 Å². The number of carboxylic acids is 1. The van der Waals surface area contributed by atoms with Gasteiger partial charge in [0.1, 0.15) is 5.75 Å². The molecule has 0 fully saturated rings. The van der Waals surface area contributed by atoms with Crippen molar-refractivity contribution in [2.75, 3.05) is 26.9 Å². The van der Waals surface area contributed by atoms with Crippen molar-refractivity contribution in [2.24, 2.45) is 0 Å². The number of carboxylic acid groups (broad SMARTS) is 1. The van der Waals surface area contributed by atoms with Gasteiger partial charge in [0.15, 0.2) is 18.2 Å². The Morgan fingerprint density at radius 3 is 2.18 bits per heavy atom. The Labute approximate surface area is 195 Å². The summed E-state index contributed by atoms with van der Waals surface area (Å²) in [6.45, 7) is 1.38. The lowest BCUT2D eigenvalue weighted by molar-refractivity contribution is -0.151. The van der Waals surface area contributed by atoms with E-state index < -0.39 is 24.5 Å². The summed E-state index contributed by atoms with van der Waals surface area (Å²) >= 11 is 0. The average molecular weight is 471 g/mol. The van der Waals surface area contributed by atoms with Gasteiger partial charge in [0.25, 0.3) is 5.91 Å². The molecule has 0 aliphatic heterocycles. The predicted molar refractivity (Wildman–Crippen MR) is 120 cm³/mol. The molecule has 0 saturated heterocycles. The lowest BCUT2D eigenvalue weighted by Crippen LogP contribution is -2.38. The number of amides is 2. The fourth-order valence-electron chi connectivity index (χ4n) is 2.73. The standard InChI is InChI=1S/C23H25N3O8/c1-15(21(30)16-7-9-19(10-8-16)33-13-20(28)29)25-23(31)18-5-3-17(4-6-18)22(24)26(14-27)34-12-11-32-2/h3-10,14-15,24H,11-13H2,1-2H3,(H,25,31)(H,28,29). The van der Waals surface area contributed by atoms with Gasteiger partial charge in [-0.2, -0.15) is 5.06 Å². The third kappa shape index (κ3) is 7.50. The summed E-state index contributed by atoms with van der Waals surface area (Å²) in [6.07, 6.45) is 0.358. The van der Waals surface area contributed by atoms with Crippen molar-refractivity contribution in [1.29, 1.82) is 5.41 Å². The Kier molecular flexibility index (Phi) is 9.87. The van der Waals surface area contributed by atoms with Crippen LogP contribution in [0.1, 0.15) is 33.2 Å². The number of nitrogens with one attached hydrogen (secondary N) is 2. The zero-order valence-corrected chi connectivity index (χ0v) is 18.6. The van der Waals surface area contributed by atoms with Crippen LogP contribution in [-0.4, -0.2) is 73.0 Å². The maximum absolute atomic E-state index is 12.6. The molecule has 2 aromatic rings. The third-order valence-electron chi connectivity index (χ3n) is 4.50. The highest BCUT2D eigenvalue weighted by Crippen LogP contribution is 2.14. The fraction of sp³-hybridized carbons (Fsp3) is 0.261. The Bertz CT molecular complexity index is 1020. The molecular formula is C23H25N3O8. The number of methoxy groups -OCH3 is 1. The number of benzene rings is 2. The van der Waals surface area contributed by atoms with Crippen LogP contribution in [-0.2, 0) is 19.2 Å². The molecule has 0 aliphatic carbocycles. The van der Waals surface area contributed by atoms with Crippen LogP contribution in [0.15, 0.2) is 48.5 Å². The molecule has 11 heteroatoms. The van der Waals surface area contributed by atoms with Crippen molar-refractivity contribution in [3.8, 4) is 5.75 Å². The van der Waals surface area contributed by atoms with Crippen molar-refractivity contribution < 1.29 is 38.6 Å². The fourth-order valence-corrected chi connectivity index (χ4v) is 2.73. The number of ether oxygens (including phenoxy) is 2. The van der Waals surface area contributed by atoms with Crippen LogP contribution in [0, 0.1) is 5.41 Å². The topological polar surface area (TPSA) is 155 Å². The second kappa shape index (κ2) is 12.8. The number of hydroxylamine groups is 2. The molecule has 1 atom stereocenters. The number of carbonyl (C=O) groups excluding carboxylic acids is 3. The van der Waals surface area contributed by atoms with E-state index in [1.54, 1.807) is 6.92 Å². The Morgan fingerprint density at radius 1 is 1.03 bits per heavy atom. The molecule has 0 aliphatic rings. The molecule has 180 valence electrons.